The summed E-state index contributed by atoms with van der Waals surface area (Å²) in [5.74, 6) is -9.24. The second-order valence-electron chi connectivity index (χ2n) is 17.9. The molecule has 1 amide bonds. The molecule has 4 aliphatic rings. The molecule has 3 saturated carbocycles. The van der Waals surface area contributed by atoms with Crippen LogP contribution in [-0.2, 0) is 63.2 Å². The minimum absolute atomic E-state index is 0.00169. The Bertz CT molecular complexity index is 3020. The molecule has 5 aromatic rings. The maximum atomic E-state index is 15.6. The molecule has 2 N–H and O–H groups in total. The Labute approximate surface area is 387 Å². The van der Waals surface area contributed by atoms with Crippen molar-refractivity contribution in [2.24, 2.45) is 13.0 Å². The third-order valence-electron chi connectivity index (χ3n) is 12.7. The summed E-state index contributed by atoms with van der Waals surface area (Å²) in [6.45, 7) is 2.14. The lowest BCUT2D eigenvalue weighted by molar-refractivity contribution is -0.142. The van der Waals surface area contributed by atoms with Gasteiger partial charge in [0.05, 0.1) is 48.6 Å². The Kier molecular flexibility index (Phi) is 11.2. The Hall–Kier alpha value is -4.03. The number of anilines is 1. The number of hydrogen-bond donors (Lipinski definition) is 2. The van der Waals surface area contributed by atoms with Gasteiger partial charge < -0.3 is 5.32 Å². The van der Waals surface area contributed by atoms with Gasteiger partial charge in [0, 0.05) is 39.3 Å². The van der Waals surface area contributed by atoms with Crippen molar-refractivity contribution in [3.63, 3.8) is 0 Å². The predicted molar refractivity (Wildman–Crippen MR) is 234 cm³/mol. The van der Waals surface area contributed by atoms with Gasteiger partial charge in [0.25, 0.3) is 5.92 Å². The average molecular weight is 1080 g/mol. The molecular formula is C42H40ClF7IN7O5S2. The van der Waals surface area contributed by atoms with Gasteiger partial charge in [-0.25, -0.2) is 25.6 Å². The standard InChI is InChI=1S/C42H40ClF7IN7O5S2/c1-40(2,64(60,61)22-4-5-22)11-10-30-29(51)17-25(24-8-9-28(43)34-36(24)57(3)55-39(34)56-65(62,63)23-6-7-23)35(53-30)31(14-19-12-20(44)15-21(45)13-19)52-32(59)18-58-38-33(37(54-58)42(48,49)50)26-16-27(26)41(38,46)47/h8-9,12-13,15,17,22-23,26-27,31H,4-7,10-11,14,16,18H2,1-3H3,(H,52,59)(H,55,56)/t26?,27-,31+/m1/s1. The number of nitrogens with zero attached hydrogens (tertiary/aromatic N) is 5. The van der Waals surface area contributed by atoms with Crippen LogP contribution >= 0.6 is 34.2 Å². The van der Waals surface area contributed by atoms with Crippen molar-refractivity contribution >= 4 is 76.7 Å². The Morgan fingerprint density at radius 2 is 1.65 bits per heavy atom. The van der Waals surface area contributed by atoms with Crippen LogP contribution in [-0.4, -0.2) is 62.5 Å². The van der Waals surface area contributed by atoms with E-state index in [9.17, 15) is 43.6 Å². The Balaban J connectivity index is 1.18. The van der Waals surface area contributed by atoms with Crippen LogP contribution in [0.25, 0.3) is 22.0 Å². The fourth-order valence-electron chi connectivity index (χ4n) is 9.00. The van der Waals surface area contributed by atoms with Gasteiger partial charge in [-0.15, -0.1) is 0 Å². The molecule has 3 atom stereocenters. The minimum atomic E-state index is -5.10. The lowest BCUT2D eigenvalue weighted by Crippen LogP contribution is -2.36. The van der Waals surface area contributed by atoms with Crippen LogP contribution < -0.4 is 10.0 Å². The predicted octanol–water partition coefficient (Wildman–Crippen LogP) is 8.89. The number of nitrogens with one attached hydrogen (secondary N) is 2. The smallest absolute Gasteiger partial charge is 0.346 e. The van der Waals surface area contributed by atoms with E-state index >= 15 is 8.78 Å². The molecule has 3 fully saturated rings. The van der Waals surface area contributed by atoms with Gasteiger partial charge in [-0.05, 0) is 124 Å². The molecule has 348 valence electrons. The second kappa shape index (κ2) is 15.8. The minimum Gasteiger partial charge on any atom is -0.346 e. The first-order valence-electron chi connectivity index (χ1n) is 20.7. The summed E-state index contributed by atoms with van der Waals surface area (Å²) in [5, 5.41) is 9.87. The molecule has 0 spiro atoms. The van der Waals surface area contributed by atoms with Crippen LogP contribution in [0.2, 0.25) is 5.02 Å². The first-order valence-corrected chi connectivity index (χ1v) is 25.2. The number of hydrogen-bond acceptors (Lipinski definition) is 8. The maximum Gasteiger partial charge on any atom is 0.435 e. The van der Waals surface area contributed by atoms with Crippen molar-refractivity contribution in [3.05, 3.63) is 90.5 Å². The van der Waals surface area contributed by atoms with Crippen molar-refractivity contribution in [1.82, 2.24) is 29.9 Å². The van der Waals surface area contributed by atoms with E-state index < -0.39 is 113 Å². The molecule has 9 rings (SSSR count). The number of sulfonamides is 1. The average Bonchev–Trinajstić information content (AvgIpc) is 4.07. The number of halogens is 9. The fraction of sp³-hybridized carbons (Fsp3) is 0.476. The summed E-state index contributed by atoms with van der Waals surface area (Å²) in [7, 11) is -5.85. The van der Waals surface area contributed by atoms with Crippen molar-refractivity contribution < 1.29 is 52.4 Å². The third-order valence-corrected chi connectivity index (χ3v) is 18.9. The molecular weight excluding hydrogens is 1040 g/mol. The second-order valence-corrected chi connectivity index (χ2v) is 24.3. The molecule has 0 bridgehead atoms. The highest BCUT2D eigenvalue weighted by molar-refractivity contribution is 14.1. The maximum absolute atomic E-state index is 15.6. The number of pyridine rings is 1. The number of aryl methyl sites for hydroxylation is 2. The summed E-state index contributed by atoms with van der Waals surface area (Å²) >= 11 is 8.76. The van der Waals surface area contributed by atoms with Crippen LogP contribution in [0.1, 0.15) is 98.2 Å². The molecule has 3 heterocycles. The molecule has 3 aromatic heterocycles. The van der Waals surface area contributed by atoms with E-state index in [1.807, 2.05) is 22.6 Å². The number of aromatic nitrogens is 5. The molecule has 0 saturated heterocycles. The van der Waals surface area contributed by atoms with Crippen LogP contribution in [0.3, 0.4) is 0 Å². The van der Waals surface area contributed by atoms with Gasteiger partial charge in [0.2, 0.25) is 15.9 Å². The summed E-state index contributed by atoms with van der Waals surface area (Å²) in [6, 6.07) is 5.99. The number of amides is 1. The topological polar surface area (TPSA) is 158 Å². The van der Waals surface area contributed by atoms with Gasteiger partial charge in [0.1, 0.15) is 23.9 Å². The Morgan fingerprint density at radius 3 is 2.28 bits per heavy atom. The van der Waals surface area contributed by atoms with E-state index in [2.05, 4.69) is 20.2 Å². The SMILES string of the molecule is Cn1nc(NS(=O)(=O)C2CC2)c2c(Cl)ccc(-c3cc(I)c(CCC(C)(C)S(=O)(=O)C4CC4)nc3[C@H](Cc3cc(F)cc(F)c3)NC(=O)Cn3nc(C(F)(F)F)c4c3C(F)(F)[C@@H]3CC43)c21. The number of rotatable bonds is 15. The van der Waals surface area contributed by atoms with Crippen molar-refractivity contribution in [2.45, 2.75) is 111 Å². The van der Waals surface area contributed by atoms with E-state index in [1.54, 1.807) is 26.0 Å². The summed E-state index contributed by atoms with van der Waals surface area (Å²) in [4.78, 5) is 19.2. The van der Waals surface area contributed by atoms with Crippen LogP contribution in [0.5, 0.6) is 0 Å². The molecule has 1 unspecified atom stereocenters. The number of benzene rings is 2. The highest BCUT2D eigenvalue weighted by Gasteiger charge is 2.68. The lowest BCUT2D eigenvalue weighted by atomic mass is 9.93. The molecule has 12 nitrogen and oxygen atoms in total. The zero-order chi connectivity index (χ0) is 46.9. The molecule has 2 aromatic carbocycles. The van der Waals surface area contributed by atoms with Crippen molar-refractivity contribution in [3.8, 4) is 11.1 Å². The molecule has 65 heavy (non-hydrogen) atoms. The highest BCUT2D eigenvalue weighted by atomic mass is 127. The fourth-order valence-corrected chi connectivity index (χ4v) is 13.3. The molecule has 0 aliphatic heterocycles. The summed E-state index contributed by atoms with van der Waals surface area (Å²) < 4.78 is 160. The zero-order valence-corrected chi connectivity index (χ0v) is 39.3. The summed E-state index contributed by atoms with van der Waals surface area (Å²) in [5.41, 5.74) is -1.87. The van der Waals surface area contributed by atoms with Gasteiger partial charge in [-0.2, -0.15) is 32.1 Å². The first-order chi connectivity index (χ1) is 30.3. The molecule has 23 heteroatoms. The van der Waals surface area contributed by atoms with Gasteiger partial charge >= 0.3 is 6.18 Å². The quantitative estimate of drug-likeness (QED) is 0.0778. The van der Waals surface area contributed by atoms with Crippen molar-refractivity contribution in [1.29, 1.82) is 0 Å². The monoisotopic (exact) mass is 1080 g/mol. The van der Waals surface area contributed by atoms with E-state index in [0.717, 1.165) is 12.1 Å². The number of carbonyl (C=O) groups excluding carboxylic acids is 1. The largest absolute Gasteiger partial charge is 0.435 e. The summed E-state index contributed by atoms with van der Waals surface area (Å²) in [6.07, 6.45) is -3.45. The lowest BCUT2D eigenvalue weighted by Gasteiger charge is -2.26. The number of alkyl halides is 5. The Morgan fingerprint density at radius 1 is 0.985 bits per heavy atom. The highest BCUT2D eigenvalue weighted by Crippen LogP contribution is 2.68. The van der Waals surface area contributed by atoms with Gasteiger partial charge in [-0.1, -0.05) is 17.7 Å². The normalized spacial score (nSPS) is 19.9. The van der Waals surface area contributed by atoms with E-state index in [0.29, 0.717) is 56.8 Å². The van der Waals surface area contributed by atoms with Gasteiger partial charge in [0.15, 0.2) is 21.3 Å². The first kappa shape index (κ1) is 46.1. The molecule has 4 aliphatic carbocycles. The number of carbonyl (C=O) groups is 1. The van der Waals surface area contributed by atoms with Crippen LogP contribution in [0.4, 0.5) is 36.6 Å². The van der Waals surface area contributed by atoms with Crippen molar-refractivity contribution in [2.75, 3.05) is 4.72 Å². The van der Waals surface area contributed by atoms with E-state index in [-0.39, 0.29) is 52.3 Å². The van der Waals surface area contributed by atoms with E-state index in [4.69, 9.17) is 16.6 Å². The van der Waals surface area contributed by atoms with Crippen LogP contribution in [0, 0.1) is 21.1 Å². The molecule has 0 radical (unpaired) electrons. The number of fused-ring (bicyclic) bond motifs is 4. The van der Waals surface area contributed by atoms with E-state index in [1.165, 1.54) is 17.8 Å². The zero-order valence-electron chi connectivity index (χ0n) is 34.7. The van der Waals surface area contributed by atoms with Crippen LogP contribution in [0.15, 0.2) is 36.4 Å². The van der Waals surface area contributed by atoms with Gasteiger partial charge in [-0.3, -0.25) is 23.9 Å². The third kappa shape index (κ3) is 8.39. The number of sulfone groups is 1.